The number of sulfone groups is 1. The van der Waals surface area contributed by atoms with Crippen molar-refractivity contribution in [2.24, 2.45) is 17.8 Å². The number of anilines is 1. The fourth-order valence-corrected chi connectivity index (χ4v) is 8.61. The summed E-state index contributed by atoms with van der Waals surface area (Å²) in [4.78, 5) is 16.8. The molecule has 2 aromatic carbocycles. The molecule has 2 fully saturated rings. The Morgan fingerprint density at radius 3 is 2.54 bits per heavy atom. The Morgan fingerprint density at radius 1 is 1.10 bits per heavy atom. The topological polar surface area (TPSA) is 117 Å². The Hall–Kier alpha value is -2.92. The number of rotatable bonds is 6. The second-order valence-corrected chi connectivity index (χ2v) is 13.0. The summed E-state index contributed by atoms with van der Waals surface area (Å²) in [6.45, 7) is 1.94. The third-order valence-electron chi connectivity index (χ3n) is 8.18. The van der Waals surface area contributed by atoms with Crippen LogP contribution in [0.5, 0.6) is 0 Å². The van der Waals surface area contributed by atoms with Crippen LogP contribution in [-0.2, 0) is 9.84 Å². The van der Waals surface area contributed by atoms with Gasteiger partial charge in [0.05, 0.1) is 20.9 Å². The van der Waals surface area contributed by atoms with Crippen molar-refractivity contribution in [2.75, 3.05) is 5.32 Å². The first-order valence-electron chi connectivity index (χ1n) is 12.5. The molecular weight excluding hydrogens is 550 g/mol. The van der Waals surface area contributed by atoms with E-state index in [1.165, 1.54) is 30.5 Å². The van der Waals surface area contributed by atoms with E-state index in [2.05, 4.69) is 10.3 Å². The molecule has 2 aliphatic rings. The normalized spacial score (nSPS) is 27.2. The van der Waals surface area contributed by atoms with E-state index in [4.69, 9.17) is 11.6 Å². The predicted molar refractivity (Wildman–Crippen MR) is 141 cm³/mol. The van der Waals surface area contributed by atoms with Crippen LogP contribution in [0, 0.1) is 29.4 Å². The molecule has 7 nitrogen and oxygen atoms in total. The number of pyridine rings is 1. The molecule has 3 N–H and O–H groups in total. The molecular formula is C28H27ClF2N2O5S. The number of hydrogen-bond acceptors (Lipinski definition) is 6. The van der Waals surface area contributed by atoms with E-state index in [0.717, 1.165) is 12.1 Å². The number of benzene rings is 2. The number of carbonyl (C=O) groups is 1. The first-order chi connectivity index (χ1) is 18.4. The van der Waals surface area contributed by atoms with Crippen LogP contribution in [0.1, 0.15) is 48.3 Å². The third kappa shape index (κ3) is 4.84. The van der Waals surface area contributed by atoms with Crippen molar-refractivity contribution in [3.05, 3.63) is 88.7 Å². The number of amides is 1. The van der Waals surface area contributed by atoms with Crippen LogP contribution in [0.15, 0.2) is 65.7 Å². The van der Waals surface area contributed by atoms with Crippen LogP contribution >= 0.6 is 11.6 Å². The Balaban J connectivity index is 1.41. The second-order valence-electron chi connectivity index (χ2n) is 10.4. The van der Waals surface area contributed by atoms with E-state index in [1.54, 1.807) is 18.2 Å². The van der Waals surface area contributed by atoms with E-state index in [0.29, 0.717) is 12.1 Å². The quantitative estimate of drug-likeness (QED) is 0.383. The highest BCUT2D eigenvalue weighted by atomic mass is 35.5. The summed E-state index contributed by atoms with van der Waals surface area (Å²) in [6, 6.07) is 11.7. The summed E-state index contributed by atoms with van der Waals surface area (Å²) < 4.78 is 54.4. The minimum Gasteiger partial charge on any atom is -0.386 e. The van der Waals surface area contributed by atoms with E-state index in [1.807, 2.05) is 6.92 Å². The van der Waals surface area contributed by atoms with Crippen molar-refractivity contribution in [1.29, 1.82) is 0 Å². The van der Waals surface area contributed by atoms with Crippen LogP contribution < -0.4 is 5.32 Å². The van der Waals surface area contributed by atoms with E-state index < -0.39 is 56.2 Å². The number of halogens is 3. The van der Waals surface area contributed by atoms with Crippen molar-refractivity contribution < 1.29 is 32.2 Å². The van der Waals surface area contributed by atoms with Crippen molar-refractivity contribution in [3.8, 4) is 0 Å². The molecule has 0 aliphatic heterocycles. The number of aliphatic hydroxyl groups is 2. The SMILES string of the molecule is C[C@H]1C[C@@H]2C[C@@H](S(=O)(=O)c3cc(C(=O)Nc4ccc(F)c(F)c4)ccc3Cl)C[C@H]1[C@@]2(O)C(O)c1ccccn1. The van der Waals surface area contributed by atoms with Gasteiger partial charge in [0.25, 0.3) is 5.91 Å². The molecule has 2 aliphatic carbocycles. The van der Waals surface area contributed by atoms with Gasteiger partial charge in [-0.3, -0.25) is 9.78 Å². The van der Waals surface area contributed by atoms with Gasteiger partial charge in [-0.15, -0.1) is 0 Å². The first-order valence-corrected chi connectivity index (χ1v) is 14.5. The lowest BCUT2D eigenvalue weighted by Gasteiger charge is -2.45. The minimum absolute atomic E-state index is 0.00171. The van der Waals surface area contributed by atoms with Gasteiger partial charge in [0, 0.05) is 23.5 Å². The van der Waals surface area contributed by atoms with Gasteiger partial charge in [-0.2, -0.15) is 0 Å². The molecule has 2 bridgehead atoms. The molecule has 0 radical (unpaired) electrons. The summed E-state index contributed by atoms with van der Waals surface area (Å²) in [5, 5.41) is 24.4. The van der Waals surface area contributed by atoms with Crippen LogP contribution in [0.2, 0.25) is 5.02 Å². The highest BCUT2D eigenvalue weighted by molar-refractivity contribution is 7.92. The van der Waals surface area contributed by atoms with E-state index in [-0.39, 0.29) is 39.9 Å². The number of aliphatic hydroxyl groups excluding tert-OH is 1. The van der Waals surface area contributed by atoms with Gasteiger partial charge in [-0.25, -0.2) is 17.2 Å². The Morgan fingerprint density at radius 2 is 1.87 bits per heavy atom. The molecule has 1 aromatic heterocycles. The van der Waals surface area contributed by atoms with Gasteiger partial charge in [-0.05, 0) is 79.5 Å². The smallest absolute Gasteiger partial charge is 0.255 e. The Bertz CT molecular complexity index is 1520. The molecule has 0 spiro atoms. The minimum atomic E-state index is -4.05. The molecule has 1 heterocycles. The zero-order valence-corrected chi connectivity index (χ0v) is 22.5. The number of nitrogens with one attached hydrogen (secondary N) is 1. The molecule has 3 aromatic rings. The van der Waals surface area contributed by atoms with Crippen molar-refractivity contribution in [1.82, 2.24) is 4.98 Å². The number of nitrogens with zero attached hydrogens (tertiary/aromatic N) is 1. The summed E-state index contributed by atoms with van der Waals surface area (Å²) in [5.41, 5.74) is -1.23. The van der Waals surface area contributed by atoms with Crippen LogP contribution in [0.25, 0.3) is 0 Å². The maximum Gasteiger partial charge on any atom is 0.255 e. The number of fused-ring (bicyclic) bond motifs is 2. The monoisotopic (exact) mass is 576 g/mol. The average Bonchev–Trinajstić information content (AvgIpc) is 3.03. The summed E-state index contributed by atoms with van der Waals surface area (Å²) in [6.07, 6.45) is 1.00. The molecule has 6 atom stereocenters. The highest BCUT2D eigenvalue weighted by Crippen LogP contribution is 2.58. The molecule has 5 rings (SSSR count). The van der Waals surface area contributed by atoms with Crippen molar-refractivity contribution in [2.45, 2.75) is 48.0 Å². The number of hydrogen-bond donors (Lipinski definition) is 3. The van der Waals surface area contributed by atoms with Gasteiger partial charge in [-0.1, -0.05) is 24.6 Å². The lowest BCUT2D eigenvalue weighted by molar-refractivity contribution is -0.149. The molecule has 1 amide bonds. The van der Waals surface area contributed by atoms with Crippen molar-refractivity contribution in [3.63, 3.8) is 0 Å². The summed E-state index contributed by atoms with van der Waals surface area (Å²) in [5.74, 6) is -3.97. The molecule has 1 unspecified atom stereocenters. The third-order valence-corrected chi connectivity index (χ3v) is 10.8. The van der Waals surface area contributed by atoms with Crippen LogP contribution in [0.4, 0.5) is 14.5 Å². The first kappa shape index (κ1) is 27.6. The van der Waals surface area contributed by atoms with Crippen LogP contribution in [-0.4, -0.2) is 40.4 Å². The molecule has 11 heteroatoms. The maximum absolute atomic E-state index is 13.8. The molecule has 206 valence electrons. The lowest BCUT2D eigenvalue weighted by Crippen LogP contribution is -2.52. The van der Waals surface area contributed by atoms with Gasteiger partial charge in [0.15, 0.2) is 21.5 Å². The fourth-order valence-electron chi connectivity index (χ4n) is 6.24. The summed E-state index contributed by atoms with van der Waals surface area (Å²) >= 11 is 6.31. The largest absolute Gasteiger partial charge is 0.386 e. The van der Waals surface area contributed by atoms with Gasteiger partial charge in [0.2, 0.25) is 0 Å². The maximum atomic E-state index is 13.8. The van der Waals surface area contributed by atoms with E-state index >= 15 is 0 Å². The molecule has 2 saturated carbocycles. The average molecular weight is 577 g/mol. The zero-order chi connectivity index (χ0) is 28.1. The second kappa shape index (κ2) is 10.2. The Kier molecular flexibility index (Phi) is 7.26. The highest BCUT2D eigenvalue weighted by Gasteiger charge is 2.62. The molecule has 39 heavy (non-hydrogen) atoms. The van der Waals surface area contributed by atoms with Crippen LogP contribution in [0.3, 0.4) is 0 Å². The summed E-state index contributed by atoms with van der Waals surface area (Å²) in [7, 11) is -4.05. The zero-order valence-electron chi connectivity index (χ0n) is 20.9. The standard InChI is InChI=1S/C28H27ClF2N2O5S/c1-15-10-17-12-19(14-20(15)28(17,36)26(34)24-4-2-3-9-32-24)39(37,38)25-11-16(5-7-21(25)29)27(35)33-18-6-8-22(30)23(31)13-18/h2-9,11,13,15,17,19-20,26,34,36H,10,12,14H2,1H3,(H,33,35)/t15-,17+,19+,20+,26?,28+/m0/s1. The fraction of sp³-hybridized carbons (Fsp3) is 0.357. The predicted octanol–water partition coefficient (Wildman–Crippen LogP) is 4.94. The lowest BCUT2D eigenvalue weighted by atomic mass is 9.69. The van der Waals surface area contributed by atoms with Gasteiger partial charge >= 0.3 is 0 Å². The molecule has 0 saturated heterocycles. The van der Waals surface area contributed by atoms with Crippen molar-refractivity contribution >= 4 is 33.0 Å². The van der Waals surface area contributed by atoms with Gasteiger partial charge < -0.3 is 15.5 Å². The van der Waals surface area contributed by atoms with E-state index in [9.17, 15) is 32.2 Å². The van der Waals surface area contributed by atoms with Gasteiger partial charge in [0.1, 0.15) is 11.7 Å². The Labute approximate surface area is 229 Å². The number of carbonyl (C=O) groups excluding carboxylic acids is 1. The number of aromatic nitrogens is 1.